The molecule has 2 heteroatoms. The molecule has 124 valence electrons. The van der Waals surface area contributed by atoms with Crippen LogP contribution in [0, 0.1) is 11.8 Å². The lowest BCUT2D eigenvalue weighted by Crippen LogP contribution is -2.53. The van der Waals surface area contributed by atoms with Crippen LogP contribution in [-0.2, 0) is 0 Å². The molecular formula is C19H38N2. The molecular weight excluding hydrogens is 256 g/mol. The van der Waals surface area contributed by atoms with Gasteiger partial charge in [0, 0.05) is 18.6 Å². The Morgan fingerprint density at radius 1 is 0.952 bits per heavy atom. The molecule has 2 rings (SSSR count). The van der Waals surface area contributed by atoms with Gasteiger partial charge in [0.25, 0.3) is 0 Å². The lowest BCUT2D eigenvalue weighted by atomic mass is 9.79. The van der Waals surface area contributed by atoms with Crippen molar-refractivity contribution in [1.29, 1.82) is 0 Å². The van der Waals surface area contributed by atoms with Gasteiger partial charge < -0.3 is 10.2 Å². The van der Waals surface area contributed by atoms with E-state index in [-0.39, 0.29) is 0 Å². The predicted octanol–water partition coefficient (Wildman–Crippen LogP) is 4.45. The molecule has 21 heavy (non-hydrogen) atoms. The molecule has 0 bridgehead atoms. The fraction of sp³-hybridized carbons (Fsp3) is 1.00. The molecule has 2 nitrogen and oxygen atoms in total. The third kappa shape index (κ3) is 5.25. The molecule has 0 radical (unpaired) electrons. The molecule has 0 saturated heterocycles. The zero-order chi connectivity index (χ0) is 15.1. The average Bonchev–Trinajstić information content (AvgIpc) is 2.53. The Bertz CT molecular complexity index is 273. The van der Waals surface area contributed by atoms with E-state index in [0.29, 0.717) is 0 Å². The zero-order valence-corrected chi connectivity index (χ0v) is 14.7. The number of hydrogen-bond donors (Lipinski definition) is 1. The van der Waals surface area contributed by atoms with Crippen LogP contribution in [-0.4, -0.2) is 37.1 Å². The molecule has 0 spiro atoms. The van der Waals surface area contributed by atoms with Crippen LogP contribution in [0.1, 0.15) is 78.1 Å². The highest BCUT2D eigenvalue weighted by Crippen LogP contribution is 2.31. The van der Waals surface area contributed by atoms with E-state index in [4.69, 9.17) is 0 Å². The van der Waals surface area contributed by atoms with E-state index in [1.807, 2.05) is 0 Å². The van der Waals surface area contributed by atoms with Gasteiger partial charge in [-0.25, -0.2) is 0 Å². The third-order valence-electron chi connectivity index (χ3n) is 6.00. The fourth-order valence-electron chi connectivity index (χ4n) is 4.57. The molecule has 2 aliphatic carbocycles. The number of likely N-dealkylation sites (N-methyl/N-ethyl adjacent to an activating group) is 1. The fourth-order valence-corrected chi connectivity index (χ4v) is 4.57. The van der Waals surface area contributed by atoms with Crippen molar-refractivity contribution in [2.45, 2.75) is 90.1 Å². The molecule has 1 N–H and O–H groups in total. The summed E-state index contributed by atoms with van der Waals surface area (Å²) in [4.78, 5) is 2.73. The number of hydrogen-bond acceptors (Lipinski definition) is 2. The van der Waals surface area contributed by atoms with Crippen molar-refractivity contribution in [3.05, 3.63) is 0 Å². The smallest absolute Gasteiger partial charge is 0.0249 e. The van der Waals surface area contributed by atoms with Gasteiger partial charge in [0.05, 0.1) is 0 Å². The first-order chi connectivity index (χ1) is 10.2. The average molecular weight is 295 g/mol. The van der Waals surface area contributed by atoms with Crippen LogP contribution in [0.3, 0.4) is 0 Å². The molecule has 3 unspecified atom stereocenters. The Balaban J connectivity index is 1.89. The Morgan fingerprint density at radius 2 is 1.71 bits per heavy atom. The van der Waals surface area contributed by atoms with E-state index in [9.17, 15) is 0 Å². The maximum absolute atomic E-state index is 3.84. The highest BCUT2D eigenvalue weighted by Gasteiger charge is 2.32. The molecule has 0 amide bonds. The largest absolute Gasteiger partial charge is 0.312 e. The maximum atomic E-state index is 3.84. The van der Waals surface area contributed by atoms with Gasteiger partial charge in [-0.05, 0) is 64.0 Å². The molecule has 2 fully saturated rings. The van der Waals surface area contributed by atoms with Crippen LogP contribution in [0.15, 0.2) is 0 Å². The number of nitrogens with zero attached hydrogens (tertiary/aromatic N) is 1. The molecule has 0 aromatic heterocycles. The van der Waals surface area contributed by atoms with E-state index in [2.05, 4.69) is 31.1 Å². The molecule has 0 aliphatic heterocycles. The van der Waals surface area contributed by atoms with Crippen LogP contribution < -0.4 is 5.32 Å². The second-order valence-electron chi connectivity index (χ2n) is 7.66. The van der Waals surface area contributed by atoms with Gasteiger partial charge in [0.1, 0.15) is 0 Å². The molecule has 3 atom stereocenters. The Hall–Kier alpha value is -0.0800. The van der Waals surface area contributed by atoms with E-state index in [0.717, 1.165) is 23.9 Å². The first kappa shape index (κ1) is 17.3. The van der Waals surface area contributed by atoms with Crippen molar-refractivity contribution < 1.29 is 0 Å². The van der Waals surface area contributed by atoms with Crippen LogP contribution in [0.2, 0.25) is 0 Å². The van der Waals surface area contributed by atoms with Gasteiger partial charge in [0.2, 0.25) is 0 Å². The Morgan fingerprint density at radius 3 is 2.38 bits per heavy atom. The van der Waals surface area contributed by atoms with Gasteiger partial charge >= 0.3 is 0 Å². The summed E-state index contributed by atoms with van der Waals surface area (Å²) in [6.07, 6.45) is 14.2. The summed E-state index contributed by atoms with van der Waals surface area (Å²) >= 11 is 0. The SMILES string of the molecule is CCCNC1CCC(CC)CC1N(C)CC1CCCCC1. The Labute approximate surface area is 133 Å². The van der Waals surface area contributed by atoms with Crippen molar-refractivity contribution >= 4 is 0 Å². The van der Waals surface area contributed by atoms with Crippen LogP contribution >= 0.6 is 0 Å². The number of nitrogens with one attached hydrogen (secondary N) is 1. The maximum Gasteiger partial charge on any atom is 0.0249 e. The monoisotopic (exact) mass is 294 g/mol. The molecule has 0 heterocycles. The van der Waals surface area contributed by atoms with Gasteiger partial charge in [-0.2, -0.15) is 0 Å². The van der Waals surface area contributed by atoms with Crippen molar-refractivity contribution in [1.82, 2.24) is 10.2 Å². The second kappa shape index (κ2) is 9.15. The first-order valence-electron chi connectivity index (χ1n) is 9.68. The summed E-state index contributed by atoms with van der Waals surface area (Å²) in [6, 6.07) is 1.51. The normalized spacial score (nSPS) is 31.7. The second-order valence-corrected chi connectivity index (χ2v) is 7.66. The highest BCUT2D eigenvalue weighted by atomic mass is 15.2. The van der Waals surface area contributed by atoms with Crippen LogP contribution in [0.25, 0.3) is 0 Å². The van der Waals surface area contributed by atoms with Crippen LogP contribution in [0.5, 0.6) is 0 Å². The molecule has 0 aromatic rings. The summed E-state index contributed by atoms with van der Waals surface area (Å²) < 4.78 is 0. The van der Waals surface area contributed by atoms with Gasteiger partial charge in [-0.3, -0.25) is 0 Å². The van der Waals surface area contributed by atoms with Crippen molar-refractivity contribution in [3.8, 4) is 0 Å². The summed E-state index contributed by atoms with van der Waals surface area (Å²) in [7, 11) is 2.40. The summed E-state index contributed by atoms with van der Waals surface area (Å²) in [5.41, 5.74) is 0. The molecule has 2 aliphatic rings. The summed E-state index contributed by atoms with van der Waals surface area (Å²) in [5.74, 6) is 1.93. The summed E-state index contributed by atoms with van der Waals surface area (Å²) in [6.45, 7) is 7.19. The van der Waals surface area contributed by atoms with Crippen LogP contribution in [0.4, 0.5) is 0 Å². The van der Waals surface area contributed by atoms with E-state index in [1.54, 1.807) is 0 Å². The zero-order valence-electron chi connectivity index (χ0n) is 14.7. The quantitative estimate of drug-likeness (QED) is 0.746. The summed E-state index contributed by atoms with van der Waals surface area (Å²) in [5, 5.41) is 3.84. The minimum Gasteiger partial charge on any atom is -0.312 e. The van der Waals surface area contributed by atoms with Crippen molar-refractivity contribution in [3.63, 3.8) is 0 Å². The lowest BCUT2D eigenvalue weighted by molar-refractivity contribution is 0.0964. The topological polar surface area (TPSA) is 15.3 Å². The Kier molecular flexibility index (Phi) is 7.53. The predicted molar refractivity (Wildman–Crippen MR) is 92.7 cm³/mol. The van der Waals surface area contributed by atoms with Gasteiger partial charge in [-0.15, -0.1) is 0 Å². The van der Waals surface area contributed by atoms with Crippen molar-refractivity contribution in [2.24, 2.45) is 11.8 Å². The van der Waals surface area contributed by atoms with E-state index < -0.39 is 0 Å². The minimum atomic E-state index is 0.737. The van der Waals surface area contributed by atoms with E-state index >= 15 is 0 Å². The van der Waals surface area contributed by atoms with Crippen molar-refractivity contribution in [2.75, 3.05) is 20.1 Å². The lowest BCUT2D eigenvalue weighted by Gasteiger charge is -2.43. The highest BCUT2D eigenvalue weighted by molar-refractivity contribution is 4.90. The molecule has 2 saturated carbocycles. The van der Waals surface area contributed by atoms with E-state index in [1.165, 1.54) is 77.3 Å². The standard InChI is InChI=1S/C19H38N2/c1-4-13-20-18-12-11-16(5-2)14-19(18)21(3)15-17-9-7-6-8-10-17/h16-20H,4-15H2,1-3H3. The van der Waals surface area contributed by atoms with Gasteiger partial charge in [-0.1, -0.05) is 39.5 Å². The molecule has 0 aromatic carbocycles. The number of rotatable bonds is 7. The van der Waals surface area contributed by atoms with Gasteiger partial charge in [0.15, 0.2) is 0 Å². The first-order valence-corrected chi connectivity index (χ1v) is 9.68. The minimum absolute atomic E-state index is 0.737. The third-order valence-corrected chi connectivity index (χ3v) is 6.00.